The molecule has 120 valence electrons. The summed E-state index contributed by atoms with van der Waals surface area (Å²) in [5.41, 5.74) is 9.87. The second kappa shape index (κ2) is 7.56. The van der Waals surface area contributed by atoms with Crippen LogP contribution in [-0.2, 0) is 11.3 Å². The number of nitrogens with two attached hydrogens (primary N) is 1. The molecule has 3 N–H and O–H groups in total. The topological polar surface area (TPSA) is 75.0 Å². The lowest BCUT2D eigenvalue weighted by atomic mass is 10.0. The largest absolute Gasteiger partial charge is 0.337 e. The van der Waals surface area contributed by atoms with Crippen LogP contribution < -0.4 is 5.73 Å². The van der Waals surface area contributed by atoms with Gasteiger partial charge in [-0.25, -0.2) is 0 Å². The van der Waals surface area contributed by atoms with Gasteiger partial charge in [0, 0.05) is 24.3 Å². The van der Waals surface area contributed by atoms with Gasteiger partial charge in [0.2, 0.25) is 5.91 Å². The number of unbranched alkanes of at least 4 members (excludes halogenated alkanes) is 1. The van der Waals surface area contributed by atoms with Gasteiger partial charge in [-0.05, 0) is 42.7 Å². The second-order valence-corrected chi connectivity index (χ2v) is 6.35. The SMILES string of the molecule is CCCCN(Cc1ccsc1)C(=O)C(N)c1c(C)n[nH]c1C. The fraction of sp³-hybridized carbons (Fsp3) is 0.500. The predicted octanol–water partition coefficient (Wildman–Crippen LogP) is 2.92. The first-order valence-electron chi connectivity index (χ1n) is 7.61. The molecule has 0 aromatic carbocycles. The van der Waals surface area contributed by atoms with Gasteiger partial charge < -0.3 is 10.6 Å². The average molecular weight is 320 g/mol. The third-order valence-electron chi connectivity index (χ3n) is 3.81. The number of H-pyrrole nitrogens is 1. The third kappa shape index (κ3) is 3.75. The quantitative estimate of drug-likeness (QED) is 0.823. The number of aromatic nitrogens is 2. The first kappa shape index (κ1) is 16.7. The van der Waals surface area contributed by atoms with Gasteiger partial charge in [0.05, 0.1) is 5.69 Å². The number of aromatic amines is 1. The fourth-order valence-electron chi connectivity index (χ4n) is 2.56. The van der Waals surface area contributed by atoms with Crippen LogP contribution in [0.4, 0.5) is 0 Å². The lowest BCUT2D eigenvalue weighted by molar-refractivity contribution is -0.133. The summed E-state index contributed by atoms with van der Waals surface area (Å²) in [5, 5.41) is 11.1. The van der Waals surface area contributed by atoms with Gasteiger partial charge in [0.25, 0.3) is 0 Å². The number of thiophene rings is 1. The first-order valence-corrected chi connectivity index (χ1v) is 8.55. The van der Waals surface area contributed by atoms with E-state index in [-0.39, 0.29) is 5.91 Å². The monoisotopic (exact) mass is 320 g/mol. The van der Waals surface area contributed by atoms with Gasteiger partial charge in [-0.3, -0.25) is 9.89 Å². The molecule has 0 fully saturated rings. The van der Waals surface area contributed by atoms with Gasteiger partial charge in [0.15, 0.2) is 0 Å². The molecule has 5 nitrogen and oxygen atoms in total. The fourth-order valence-corrected chi connectivity index (χ4v) is 3.22. The zero-order chi connectivity index (χ0) is 16.1. The van der Waals surface area contributed by atoms with Crippen LogP contribution in [0.5, 0.6) is 0 Å². The molecular weight excluding hydrogens is 296 g/mol. The molecular formula is C16H24N4OS. The number of hydrogen-bond acceptors (Lipinski definition) is 4. The lowest BCUT2D eigenvalue weighted by Gasteiger charge is -2.25. The Morgan fingerprint density at radius 3 is 2.82 bits per heavy atom. The summed E-state index contributed by atoms with van der Waals surface area (Å²) in [6, 6.07) is 1.39. The number of carbonyl (C=O) groups is 1. The molecule has 2 aromatic heterocycles. The standard InChI is InChI=1S/C16H24N4OS/c1-4-5-7-20(9-13-6-8-22-10-13)16(21)15(17)14-11(2)18-19-12(14)3/h6,8,10,15H,4-5,7,9,17H2,1-3H3,(H,18,19). The van der Waals surface area contributed by atoms with E-state index >= 15 is 0 Å². The lowest BCUT2D eigenvalue weighted by Crippen LogP contribution is -2.39. The minimum atomic E-state index is -0.658. The molecule has 0 saturated carbocycles. The molecule has 6 heteroatoms. The molecule has 1 amide bonds. The highest BCUT2D eigenvalue weighted by molar-refractivity contribution is 7.07. The van der Waals surface area contributed by atoms with E-state index in [9.17, 15) is 4.79 Å². The number of amides is 1. The van der Waals surface area contributed by atoms with Crippen molar-refractivity contribution in [3.05, 3.63) is 39.3 Å². The average Bonchev–Trinajstić information content (AvgIpc) is 3.12. The van der Waals surface area contributed by atoms with Crippen LogP contribution in [0.25, 0.3) is 0 Å². The molecule has 2 heterocycles. The maximum atomic E-state index is 12.8. The number of hydrogen-bond donors (Lipinski definition) is 2. The summed E-state index contributed by atoms with van der Waals surface area (Å²) < 4.78 is 0. The van der Waals surface area contributed by atoms with Crippen LogP contribution in [-0.4, -0.2) is 27.5 Å². The van der Waals surface area contributed by atoms with Crippen LogP contribution >= 0.6 is 11.3 Å². The molecule has 0 radical (unpaired) electrons. The summed E-state index contributed by atoms with van der Waals surface area (Å²) in [4.78, 5) is 14.7. The summed E-state index contributed by atoms with van der Waals surface area (Å²) >= 11 is 1.64. The Hall–Kier alpha value is -1.66. The maximum absolute atomic E-state index is 12.8. The van der Waals surface area contributed by atoms with Crippen LogP contribution in [0.15, 0.2) is 16.8 Å². The molecule has 0 aliphatic heterocycles. The Bertz CT molecular complexity index is 586. The zero-order valence-electron chi connectivity index (χ0n) is 13.4. The zero-order valence-corrected chi connectivity index (χ0v) is 14.2. The third-order valence-corrected chi connectivity index (χ3v) is 4.54. The van der Waals surface area contributed by atoms with Crippen molar-refractivity contribution in [1.29, 1.82) is 0 Å². The van der Waals surface area contributed by atoms with Crippen molar-refractivity contribution >= 4 is 17.2 Å². The van der Waals surface area contributed by atoms with E-state index in [4.69, 9.17) is 5.73 Å². The van der Waals surface area contributed by atoms with Crippen LogP contribution in [0.3, 0.4) is 0 Å². The minimum Gasteiger partial charge on any atom is -0.337 e. The highest BCUT2D eigenvalue weighted by atomic mass is 32.1. The molecule has 0 aliphatic carbocycles. The van der Waals surface area contributed by atoms with Crippen LogP contribution in [0.2, 0.25) is 0 Å². The van der Waals surface area contributed by atoms with Gasteiger partial charge in [-0.1, -0.05) is 13.3 Å². The predicted molar refractivity (Wildman–Crippen MR) is 89.6 cm³/mol. The molecule has 1 atom stereocenters. The smallest absolute Gasteiger partial charge is 0.244 e. The van der Waals surface area contributed by atoms with Crippen LogP contribution in [0, 0.1) is 13.8 Å². The molecule has 22 heavy (non-hydrogen) atoms. The number of nitrogens with zero attached hydrogens (tertiary/aromatic N) is 2. The van der Waals surface area contributed by atoms with Crippen LogP contribution in [0.1, 0.15) is 48.3 Å². The Balaban J connectivity index is 2.17. The van der Waals surface area contributed by atoms with E-state index in [1.807, 2.05) is 24.1 Å². The van der Waals surface area contributed by atoms with Crippen molar-refractivity contribution in [3.63, 3.8) is 0 Å². The summed E-state index contributed by atoms with van der Waals surface area (Å²) in [6.45, 7) is 7.25. The van der Waals surface area contributed by atoms with E-state index in [1.165, 1.54) is 0 Å². The van der Waals surface area contributed by atoms with Crippen molar-refractivity contribution in [2.24, 2.45) is 5.73 Å². The summed E-state index contributed by atoms with van der Waals surface area (Å²) in [6.07, 6.45) is 2.03. The van der Waals surface area contributed by atoms with E-state index in [1.54, 1.807) is 11.3 Å². The molecule has 2 rings (SSSR count). The van der Waals surface area contributed by atoms with Crippen molar-refractivity contribution < 1.29 is 4.79 Å². The first-order chi connectivity index (χ1) is 10.5. The van der Waals surface area contributed by atoms with E-state index in [0.29, 0.717) is 6.54 Å². The molecule has 0 bridgehead atoms. The maximum Gasteiger partial charge on any atom is 0.244 e. The van der Waals surface area contributed by atoms with Crippen molar-refractivity contribution in [3.8, 4) is 0 Å². The van der Waals surface area contributed by atoms with E-state index in [2.05, 4.69) is 28.6 Å². The molecule has 0 aliphatic rings. The Morgan fingerprint density at radius 1 is 1.50 bits per heavy atom. The Morgan fingerprint density at radius 2 is 2.27 bits per heavy atom. The normalized spacial score (nSPS) is 12.4. The van der Waals surface area contributed by atoms with E-state index < -0.39 is 6.04 Å². The Kier molecular flexibility index (Phi) is 5.74. The molecule has 0 saturated heterocycles. The molecule has 0 spiro atoms. The number of aryl methyl sites for hydroxylation is 2. The minimum absolute atomic E-state index is 0.0350. The van der Waals surface area contributed by atoms with E-state index in [0.717, 1.165) is 41.9 Å². The van der Waals surface area contributed by atoms with Crippen molar-refractivity contribution in [2.45, 2.75) is 46.2 Å². The number of carbonyl (C=O) groups excluding carboxylic acids is 1. The van der Waals surface area contributed by atoms with Gasteiger partial charge in [-0.15, -0.1) is 0 Å². The summed E-state index contributed by atoms with van der Waals surface area (Å²) in [5.74, 6) is -0.0350. The molecule has 2 aromatic rings. The van der Waals surface area contributed by atoms with Crippen molar-refractivity contribution in [1.82, 2.24) is 15.1 Å². The Labute approximate surface area is 135 Å². The van der Waals surface area contributed by atoms with Gasteiger partial charge in [-0.2, -0.15) is 16.4 Å². The molecule has 1 unspecified atom stereocenters. The van der Waals surface area contributed by atoms with Crippen molar-refractivity contribution in [2.75, 3.05) is 6.54 Å². The van der Waals surface area contributed by atoms with Gasteiger partial charge in [0.1, 0.15) is 6.04 Å². The summed E-state index contributed by atoms with van der Waals surface area (Å²) in [7, 11) is 0. The number of nitrogens with one attached hydrogen (secondary N) is 1. The van der Waals surface area contributed by atoms with Gasteiger partial charge >= 0.3 is 0 Å². The highest BCUT2D eigenvalue weighted by Gasteiger charge is 2.26. The second-order valence-electron chi connectivity index (χ2n) is 5.57. The number of rotatable bonds is 7. The highest BCUT2D eigenvalue weighted by Crippen LogP contribution is 2.21.